The molecule has 4 aliphatic rings. The summed E-state index contributed by atoms with van der Waals surface area (Å²) < 4.78 is 2.36. The molecule has 0 aromatic carbocycles. The van der Waals surface area contributed by atoms with E-state index in [0.29, 0.717) is 12.0 Å². The predicted octanol–water partition coefficient (Wildman–Crippen LogP) is 2.96. The van der Waals surface area contributed by atoms with Crippen LogP contribution in [-0.2, 0) is 17.5 Å². The molecule has 116 valence electrons. The van der Waals surface area contributed by atoms with Crippen LogP contribution >= 0.6 is 0 Å². The Morgan fingerprint density at radius 1 is 1.05 bits per heavy atom. The Morgan fingerprint density at radius 3 is 2.00 bits per heavy atom. The molecule has 0 unspecified atom stereocenters. The second-order valence-corrected chi connectivity index (χ2v) is 8.85. The molecule has 0 radical (unpaired) electrons. The van der Waals surface area contributed by atoms with E-state index in [-0.39, 0.29) is 5.54 Å². The highest BCUT2D eigenvalue weighted by molar-refractivity contribution is 5.20. The quantitative estimate of drug-likeness (QED) is 0.910. The van der Waals surface area contributed by atoms with E-state index >= 15 is 0 Å². The lowest BCUT2D eigenvalue weighted by Gasteiger charge is -2.56. The molecule has 4 nitrogen and oxygen atoms in total. The molecule has 4 fully saturated rings. The van der Waals surface area contributed by atoms with Crippen LogP contribution < -0.4 is 5.73 Å². The maximum atomic E-state index is 5.93. The highest BCUT2D eigenvalue weighted by atomic mass is 15.3. The molecule has 0 aliphatic heterocycles. The third kappa shape index (κ3) is 1.98. The van der Waals surface area contributed by atoms with Gasteiger partial charge in [-0.25, -0.2) is 0 Å². The van der Waals surface area contributed by atoms with Crippen molar-refractivity contribution < 1.29 is 0 Å². The molecule has 1 aromatic rings. The van der Waals surface area contributed by atoms with Gasteiger partial charge in [-0.05, 0) is 77.0 Å². The lowest BCUT2D eigenvalue weighted by molar-refractivity contribution is -0.0128. The summed E-state index contributed by atoms with van der Waals surface area (Å²) in [6, 6.07) is 0. The second kappa shape index (κ2) is 4.31. The fourth-order valence-electron chi connectivity index (χ4n) is 5.88. The molecule has 4 heteroatoms. The van der Waals surface area contributed by atoms with Gasteiger partial charge in [-0.3, -0.25) is 0 Å². The van der Waals surface area contributed by atoms with Crippen LogP contribution in [0.4, 0.5) is 0 Å². The number of rotatable bonds is 2. The first-order valence-electron chi connectivity index (χ1n) is 8.56. The van der Waals surface area contributed by atoms with Gasteiger partial charge in [0.25, 0.3) is 0 Å². The van der Waals surface area contributed by atoms with E-state index in [1.165, 1.54) is 44.3 Å². The molecule has 0 saturated heterocycles. The minimum atomic E-state index is 0.0108. The van der Waals surface area contributed by atoms with Crippen molar-refractivity contribution in [1.29, 1.82) is 0 Å². The first-order valence-corrected chi connectivity index (χ1v) is 8.56. The Kier molecular flexibility index (Phi) is 2.82. The number of nitrogens with zero attached hydrogens (tertiary/aromatic N) is 3. The van der Waals surface area contributed by atoms with Crippen molar-refractivity contribution >= 4 is 0 Å². The van der Waals surface area contributed by atoms with Gasteiger partial charge >= 0.3 is 0 Å². The van der Waals surface area contributed by atoms with Crippen LogP contribution in [0.5, 0.6) is 0 Å². The van der Waals surface area contributed by atoms with Crippen LogP contribution in [0.2, 0.25) is 0 Å². The molecule has 0 spiro atoms. The van der Waals surface area contributed by atoms with E-state index in [4.69, 9.17) is 5.73 Å². The smallest absolute Gasteiger partial charge is 0.147 e. The molecule has 4 bridgehead atoms. The van der Waals surface area contributed by atoms with Crippen molar-refractivity contribution in [3.8, 4) is 0 Å². The number of hydrogen-bond acceptors (Lipinski definition) is 3. The Labute approximate surface area is 127 Å². The summed E-state index contributed by atoms with van der Waals surface area (Å²) in [5.41, 5.74) is 6.23. The topological polar surface area (TPSA) is 56.7 Å². The van der Waals surface area contributed by atoms with E-state index < -0.39 is 0 Å². The molecule has 1 aromatic heterocycles. The zero-order valence-electron chi connectivity index (χ0n) is 13.6. The summed E-state index contributed by atoms with van der Waals surface area (Å²) in [6.07, 6.45) is 8.39. The third-order valence-corrected chi connectivity index (χ3v) is 6.10. The third-order valence-electron chi connectivity index (χ3n) is 6.10. The summed E-state index contributed by atoms with van der Waals surface area (Å²) in [6.45, 7) is 7.23. The summed E-state index contributed by atoms with van der Waals surface area (Å²) in [5.74, 6) is 5.00. The van der Waals surface area contributed by atoms with Crippen LogP contribution in [0.1, 0.15) is 70.9 Å². The maximum absolute atomic E-state index is 5.93. The standard InChI is InChI=1S/C17H28N4/c1-16(2,3)21-14(10-18)19-20-15(21)17-7-11-4-12(8-17)6-13(5-11)9-17/h11-13H,4-10,18H2,1-3H3. The Morgan fingerprint density at radius 2 is 1.57 bits per heavy atom. The Hall–Kier alpha value is -0.900. The van der Waals surface area contributed by atoms with Crippen molar-refractivity contribution in [2.45, 2.75) is 76.8 Å². The van der Waals surface area contributed by atoms with Crippen LogP contribution in [0.15, 0.2) is 0 Å². The molecule has 4 aliphatic carbocycles. The number of hydrogen-bond donors (Lipinski definition) is 1. The number of nitrogens with two attached hydrogens (primary N) is 1. The van der Waals surface area contributed by atoms with Crippen molar-refractivity contribution in [3.63, 3.8) is 0 Å². The molecule has 4 saturated carbocycles. The largest absolute Gasteiger partial charge is 0.324 e. The molecule has 21 heavy (non-hydrogen) atoms. The average molecular weight is 288 g/mol. The zero-order chi connectivity index (χ0) is 14.8. The van der Waals surface area contributed by atoms with Crippen molar-refractivity contribution in [2.75, 3.05) is 0 Å². The van der Waals surface area contributed by atoms with E-state index in [2.05, 4.69) is 35.5 Å². The fourth-order valence-corrected chi connectivity index (χ4v) is 5.88. The SMILES string of the molecule is CC(C)(C)n1c(CN)nnc1C12CC3CC(CC(C3)C1)C2. The van der Waals surface area contributed by atoms with Crippen molar-refractivity contribution in [2.24, 2.45) is 23.5 Å². The molecule has 0 atom stereocenters. The lowest BCUT2D eigenvalue weighted by Crippen LogP contribution is -2.50. The van der Waals surface area contributed by atoms with Crippen molar-refractivity contribution in [3.05, 3.63) is 11.6 Å². The molecular weight excluding hydrogens is 260 g/mol. The van der Waals surface area contributed by atoms with E-state index in [9.17, 15) is 0 Å². The van der Waals surface area contributed by atoms with Crippen LogP contribution in [0, 0.1) is 17.8 Å². The Bertz CT molecular complexity index is 516. The molecule has 1 heterocycles. The summed E-state index contributed by atoms with van der Waals surface area (Å²) in [4.78, 5) is 0. The van der Waals surface area contributed by atoms with Gasteiger partial charge in [-0.1, -0.05) is 0 Å². The van der Waals surface area contributed by atoms with E-state index in [0.717, 1.165) is 23.6 Å². The van der Waals surface area contributed by atoms with Gasteiger partial charge in [0, 0.05) is 11.0 Å². The van der Waals surface area contributed by atoms with Gasteiger partial charge in [0.2, 0.25) is 0 Å². The van der Waals surface area contributed by atoms with Gasteiger partial charge < -0.3 is 10.3 Å². The first-order chi connectivity index (χ1) is 9.91. The first kappa shape index (κ1) is 13.7. The zero-order valence-corrected chi connectivity index (χ0v) is 13.6. The average Bonchev–Trinajstić information content (AvgIpc) is 2.81. The summed E-state index contributed by atoms with van der Waals surface area (Å²) >= 11 is 0. The Balaban J connectivity index is 1.82. The van der Waals surface area contributed by atoms with Gasteiger partial charge in [-0.15, -0.1) is 10.2 Å². The molecule has 0 amide bonds. The van der Waals surface area contributed by atoms with Gasteiger partial charge in [0.1, 0.15) is 11.6 Å². The van der Waals surface area contributed by atoms with E-state index in [1.807, 2.05) is 0 Å². The fraction of sp³-hybridized carbons (Fsp3) is 0.882. The predicted molar refractivity (Wildman–Crippen MR) is 82.8 cm³/mol. The minimum Gasteiger partial charge on any atom is -0.324 e. The lowest BCUT2D eigenvalue weighted by atomic mass is 9.49. The van der Waals surface area contributed by atoms with E-state index in [1.54, 1.807) is 0 Å². The molecule has 5 rings (SSSR count). The number of aromatic nitrogens is 3. The van der Waals surface area contributed by atoms with Crippen molar-refractivity contribution in [1.82, 2.24) is 14.8 Å². The summed E-state index contributed by atoms with van der Waals surface area (Å²) in [7, 11) is 0. The normalized spacial score (nSPS) is 38.2. The highest BCUT2D eigenvalue weighted by Gasteiger charge is 2.54. The van der Waals surface area contributed by atoms with Gasteiger partial charge in [-0.2, -0.15) is 0 Å². The van der Waals surface area contributed by atoms with Crippen LogP contribution in [-0.4, -0.2) is 14.8 Å². The second-order valence-electron chi connectivity index (χ2n) is 8.85. The van der Waals surface area contributed by atoms with Crippen LogP contribution in [0.25, 0.3) is 0 Å². The highest BCUT2D eigenvalue weighted by Crippen LogP contribution is 2.60. The van der Waals surface area contributed by atoms with Gasteiger partial charge in [0.05, 0.1) is 6.54 Å². The molecule has 2 N–H and O–H groups in total. The van der Waals surface area contributed by atoms with Crippen LogP contribution in [0.3, 0.4) is 0 Å². The molecular formula is C17H28N4. The summed E-state index contributed by atoms with van der Waals surface area (Å²) in [5, 5.41) is 9.12. The van der Waals surface area contributed by atoms with Gasteiger partial charge in [0.15, 0.2) is 0 Å². The maximum Gasteiger partial charge on any atom is 0.147 e. The monoisotopic (exact) mass is 288 g/mol. The minimum absolute atomic E-state index is 0.0108.